The summed E-state index contributed by atoms with van der Waals surface area (Å²) in [5.74, 6) is 0.242. The summed E-state index contributed by atoms with van der Waals surface area (Å²) in [5.41, 5.74) is 2.51. The number of fused-ring (bicyclic) bond motifs is 1. The number of anilines is 1. The summed E-state index contributed by atoms with van der Waals surface area (Å²) in [7, 11) is -3.74. The average Bonchev–Trinajstić information content (AvgIpc) is 3.01. The maximum atomic E-state index is 12.3. The number of benzene rings is 2. The number of hydrogen-bond donors (Lipinski definition) is 0. The molecule has 0 atom stereocenters. The maximum Gasteiger partial charge on any atom is 0.285 e. The summed E-state index contributed by atoms with van der Waals surface area (Å²) in [6, 6.07) is 16.7. The van der Waals surface area contributed by atoms with Crippen LogP contribution in [0, 0.1) is 11.3 Å². The zero-order valence-electron chi connectivity index (χ0n) is 16.5. The number of hydrogen-bond acceptors (Lipinski definition) is 6. The first-order valence-corrected chi connectivity index (χ1v) is 10.9. The Kier molecular flexibility index (Phi) is 6.29. The molecule has 0 unspecified atom stereocenters. The number of amidine groups is 1. The molecule has 0 saturated heterocycles. The molecule has 0 amide bonds. The van der Waals surface area contributed by atoms with E-state index in [4.69, 9.17) is 5.26 Å². The van der Waals surface area contributed by atoms with Crippen molar-refractivity contribution in [2.75, 3.05) is 24.5 Å². The van der Waals surface area contributed by atoms with Crippen LogP contribution < -0.4 is 4.90 Å². The molecule has 7 nitrogen and oxygen atoms in total. The highest BCUT2D eigenvalue weighted by Crippen LogP contribution is 2.27. The van der Waals surface area contributed by atoms with Crippen LogP contribution in [0.25, 0.3) is 0 Å². The Hall–Kier alpha value is -3.18. The van der Waals surface area contributed by atoms with Crippen molar-refractivity contribution in [3.8, 4) is 6.07 Å². The topological polar surface area (TPSA) is 89.1 Å². The van der Waals surface area contributed by atoms with Gasteiger partial charge in [-0.2, -0.15) is 18.8 Å². The molecule has 2 aromatic rings. The van der Waals surface area contributed by atoms with Crippen LogP contribution in [0.3, 0.4) is 0 Å². The number of nitriles is 1. The normalized spacial score (nSPS) is 14.3. The third-order valence-corrected chi connectivity index (χ3v) is 5.99. The molecule has 0 fully saturated rings. The van der Waals surface area contributed by atoms with Gasteiger partial charge in [-0.1, -0.05) is 24.3 Å². The van der Waals surface area contributed by atoms with Gasteiger partial charge in [0.25, 0.3) is 10.0 Å². The van der Waals surface area contributed by atoms with Crippen molar-refractivity contribution in [1.82, 2.24) is 5.01 Å². The SMILES string of the molecule is CCN(CC)c1ccc(/C=N/N(CCC#N)C2=NS(=O)(=O)c3ccccc32)cc1. The first-order valence-electron chi connectivity index (χ1n) is 9.48. The first kappa shape index (κ1) is 20.6. The van der Waals surface area contributed by atoms with E-state index in [0.29, 0.717) is 5.56 Å². The molecule has 3 rings (SSSR count). The predicted octanol–water partition coefficient (Wildman–Crippen LogP) is 3.23. The quantitative estimate of drug-likeness (QED) is 0.517. The minimum atomic E-state index is -3.74. The van der Waals surface area contributed by atoms with Crippen molar-refractivity contribution in [2.24, 2.45) is 9.50 Å². The fourth-order valence-corrected chi connectivity index (χ4v) is 4.35. The van der Waals surface area contributed by atoms with Crippen LogP contribution >= 0.6 is 0 Å². The monoisotopic (exact) mass is 409 g/mol. The van der Waals surface area contributed by atoms with E-state index in [1.807, 2.05) is 24.3 Å². The highest BCUT2D eigenvalue weighted by atomic mass is 32.2. The van der Waals surface area contributed by atoms with Crippen LogP contribution in [-0.2, 0) is 10.0 Å². The van der Waals surface area contributed by atoms with Gasteiger partial charge >= 0.3 is 0 Å². The smallest absolute Gasteiger partial charge is 0.285 e. The lowest BCUT2D eigenvalue weighted by Gasteiger charge is -2.21. The van der Waals surface area contributed by atoms with E-state index in [0.717, 1.165) is 24.3 Å². The fourth-order valence-electron chi connectivity index (χ4n) is 3.15. The Morgan fingerprint density at radius 1 is 1.10 bits per heavy atom. The van der Waals surface area contributed by atoms with E-state index in [2.05, 4.69) is 34.3 Å². The summed E-state index contributed by atoms with van der Waals surface area (Å²) in [5, 5.41) is 14.9. The van der Waals surface area contributed by atoms with Crippen LogP contribution in [0.1, 0.15) is 31.4 Å². The lowest BCUT2D eigenvalue weighted by molar-refractivity contribution is 0.459. The molecule has 0 radical (unpaired) electrons. The third kappa shape index (κ3) is 4.46. The molecule has 150 valence electrons. The molecule has 0 aliphatic carbocycles. The summed E-state index contributed by atoms with van der Waals surface area (Å²) in [6.45, 7) is 6.33. The van der Waals surface area contributed by atoms with Gasteiger partial charge in [0.15, 0.2) is 5.84 Å². The van der Waals surface area contributed by atoms with Gasteiger partial charge in [-0.25, -0.2) is 5.01 Å². The molecule has 0 saturated carbocycles. The van der Waals surface area contributed by atoms with Crippen LogP contribution in [0.2, 0.25) is 0 Å². The highest BCUT2D eigenvalue weighted by Gasteiger charge is 2.31. The van der Waals surface area contributed by atoms with Gasteiger partial charge in [0.2, 0.25) is 0 Å². The minimum Gasteiger partial charge on any atom is -0.372 e. The van der Waals surface area contributed by atoms with Gasteiger partial charge in [0, 0.05) is 24.3 Å². The molecule has 1 aliphatic rings. The van der Waals surface area contributed by atoms with Crippen molar-refractivity contribution < 1.29 is 8.42 Å². The van der Waals surface area contributed by atoms with E-state index in [-0.39, 0.29) is 23.7 Å². The number of hydrazone groups is 1. The summed E-state index contributed by atoms with van der Waals surface area (Å²) in [6.07, 6.45) is 1.85. The number of nitrogens with zero attached hydrogens (tertiary/aromatic N) is 5. The fraction of sp³-hybridized carbons (Fsp3) is 0.286. The van der Waals surface area contributed by atoms with E-state index in [1.165, 1.54) is 11.1 Å². The van der Waals surface area contributed by atoms with Crippen LogP contribution in [0.15, 0.2) is 62.9 Å². The highest BCUT2D eigenvalue weighted by molar-refractivity contribution is 7.90. The van der Waals surface area contributed by atoms with E-state index >= 15 is 0 Å². The van der Waals surface area contributed by atoms with Gasteiger partial charge in [0.1, 0.15) is 4.90 Å². The molecule has 0 N–H and O–H groups in total. The van der Waals surface area contributed by atoms with E-state index < -0.39 is 10.0 Å². The van der Waals surface area contributed by atoms with E-state index in [1.54, 1.807) is 24.4 Å². The number of sulfonamides is 1. The summed E-state index contributed by atoms with van der Waals surface area (Å²) < 4.78 is 28.6. The summed E-state index contributed by atoms with van der Waals surface area (Å²) in [4.78, 5) is 2.41. The lowest BCUT2D eigenvalue weighted by atomic mass is 10.2. The van der Waals surface area contributed by atoms with Gasteiger partial charge in [-0.3, -0.25) is 0 Å². The Balaban J connectivity index is 1.88. The first-order chi connectivity index (χ1) is 14.0. The van der Waals surface area contributed by atoms with Crippen molar-refractivity contribution in [1.29, 1.82) is 5.26 Å². The zero-order valence-corrected chi connectivity index (χ0v) is 17.3. The molecule has 0 aromatic heterocycles. The number of rotatable bonds is 7. The second-order valence-corrected chi connectivity index (χ2v) is 8.00. The van der Waals surface area contributed by atoms with Crippen molar-refractivity contribution >= 4 is 27.8 Å². The summed E-state index contributed by atoms with van der Waals surface area (Å²) >= 11 is 0. The zero-order chi connectivity index (χ0) is 20.9. The maximum absolute atomic E-state index is 12.3. The Bertz CT molecular complexity index is 1060. The van der Waals surface area contributed by atoms with Crippen LogP contribution in [0.4, 0.5) is 5.69 Å². The molecule has 0 spiro atoms. The van der Waals surface area contributed by atoms with Crippen molar-refractivity contribution in [3.05, 3.63) is 59.7 Å². The Morgan fingerprint density at radius 3 is 2.45 bits per heavy atom. The molecule has 0 bridgehead atoms. The molecular formula is C21H23N5O2S. The lowest BCUT2D eigenvalue weighted by Crippen LogP contribution is -2.27. The molecule has 1 aliphatic heterocycles. The van der Waals surface area contributed by atoms with Gasteiger partial charge in [-0.15, -0.1) is 4.40 Å². The molecule has 8 heteroatoms. The predicted molar refractivity (Wildman–Crippen MR) is 115 cm³/mol. The minimum absolute atomic E-state index is 0.163. The van der Waals surface area contributed by atoms with Crippen LogP contribution in [0.5, 0.6) is 0 Å². The van der Waals surface area contributed by atoms with Crippen molar-refractivity contribution in [3.63, 3.8) is 0 Å². The van der Waals surface area contributed by atoms with Gasteiger partial charge < -0.3 is 4.90 Å². The Labute approximate surface area is 171 Å². The molecule has 1 heterocycles. The van der Waals surface area contributed by atoms with Crippen LogP contribution in [-0.4, -0.2) is 45.1 Å². The van der Waals surface area contributed by atoms with Gasteiger partial charge in [-0.05, 0) is 43.7 Å². The third-order valence-electron chi connectivity index (χ3n) is 4.66. The van der Waals surface area contributed by atoms with Crippen molar-refractivity contribution in [2.45, 2.75) is 25.2 Å². The standard InChI is InChI=1S/C21H23N5O2S/c1-3-25(4-2)18-12-10-17(11-13-18)16-23-26(15-7-14-22)21-19-8-5-6-9-20(19)29(27,28)24-21/h5-6,8-13,16H,3-4,7,15H2,1-2H3/b23-16+. The molecule has 2 aromatic carbocycles. The van der Waals surface area contributed by atoms with E-state index in [9.17, 15) is 8.42 Å². The molecule has 29 heavy (non-hydrogen) atoms. The average molecular weight is 410 g/mol. The largest absolute Gasteiger partial charge is 0.372 e. The second-order valence-electron chi connectivity index (χ2n) is 6.43. The molecular weight excluding hydrogens is 386 g/mol. The second kappa shape index (κ2) is 8.88. The Morgan fingerprint density at radius 2 is 1.79 bits per heavy atom. The van der Waals surface area contributed by atoms with Gasteiger partial charge in [0.05, 0.1) is 25.2 Å².